The SMILES string of the molecule is COc1ccc(/C=C/C(=O)OCC(=O)N(C)Cc2ccccc2C)cc1F. The fraction of sp³-hybridized carbons (Fsp3) is 0.238. The zero-order chi connectivity index (χ0) is 19.8. The van der Waals surface area contributed by atoms with Gasteiger partial charge in [-0.05, 0) is 41.8 Å². The first-order valence-electron chi connectivity index (χ1n) is 8.37. The summed E-state index contributed by atoms with van der Waals surface area (Å²) >= 11 is 0. The maximum atomic E-state index is 13.6. The number of ether oxygens (including phenoxy) is 2. The highest BCUT2D eigenvalue weighted by atomic mass is 19.1. The summed E-state index contributed by atoms with van der Waals surface area (Å²) in [5.41, 5.74) is 2.60. The molecule has 2 aromatic rings. The third-order valence-electron chi connectivity index (χ3n) is 4.02. The molecule has 27 heavy (non-hydrogen) atoms. The summed E-state index contributed by atoms with van der Waals surface area (Å²) in [5, 5.41) is 0. The average molecular weight is 371 g/mol. The number of carbonyl (C=O) groups is 2. The lowest BCUT2D eigenvalue weighted by Gasteiger charge is -2.18. The topological polar surface area (TPSA) is 55.8 Å². The molecule has 0 fully saturated rings. The molecule has 0 bridgehead atoms. The molecule has 0 aromatic heterocycles. The molecule has 0 aliphatic rings. The van der Waals surface area contributed by atoms with E-state index in [1.807, 2.05) is 31.2 Å². The van der Waals surface area contributed by atoms with Crippen molar-refractivity contribution < 1.29 is 23.5 Å². The van der Waals surface area contributed by atoms with Gasteiger partial charge in [-0.15, -0.1) is 0 Å². The van der Waals surface area contributed by atoms with Gasteiger partial charge in [-0.2, -0.15) is 0 Å². The van der Waals surface area contributed by atoms with Crippen LogP contribution in [-0.2, 0) is 20.9 Å². The Balaban J connectivity index is 1.84. The molecule has 142 valence electrons. The molecule has 0 saturated carbocycles. The number of methoxy groups -OCH3 is 1. The van der Waals surface area contributed by atoms with Crippen molar-refractivity contribution in [1.29, 1.82) is 0 Å². The second-order valence-electron chi connectivity index (χ2n) is 6.01. The fourth-order valence-corrected chi connectivity index (χ4v) is 2.37. The predicted octanol–water partition coefficient (Wildman–Crippen LogP) is 3.36. The molecule has 5 nitrogen and oxygen atoms in total. The van der Waals surface area contributed by atoms with E-state index in [0.717, 1.165) is 17.2 Å². The Morgan fingerprint density at radius 3 is 2.59 bits per heavy atom. The number of carbonyl (C=O) groups excluding carboxylic acids is 2. The van der Waals surface area contributed by atoms with Crippen molar-refractivity contribution in [2.75, 3.05) is 20.8 Å². The number of halogens is 1. The first-order chi connectivity index (χ1) is 12.9. The Morgan fingerprint density at radius 2 is 1.93 bits per heavy atom. The minimum atomic E-state index is -0.677. The van der Waals surface area contributed by atoms with Gasteiger partial charge in [0, 0.05) is 19.7 Å². The van der Waals surface area contributed by atoms with Gasteiger partial charge in [0.05, 0.1) is 7.11 Å². The van der Waals surface area contributed by atoms with E-state index in [0.29, 0.717) is 12.1 Å². The van der Waals surface area contributed by atoms with Gasteiger partial charge < -0.3 is 14.4 Å². The highest BCUT2D eigenvalue weighted by Gasteiger charge is 2.12. The molecule has 0 saturated heterocycles. The van der Waals surface area contributed by atoms with Gasteiger partial charge in [-0.1, -0.05) is 30.3 Å². The Bertz CT molecular complexity index is 848. The van der Waals surface area contributed by atoms with Crippen LogP contribution in [0.2, 0.25) is 0 Å². The Labute approximate surface area is 158 Å². The largest absolute Gasteiger partial charge is 0.494 e. The number of hydrogen-bond donors (Lipinski definition) is 0. The molecule has 2 aromatic carbocycles. The van der Waals surface area contributed by atoms with Crippen molar-refractivity contribution in [3.8, 4) is 5.75 Å². The summed E-state index contributed by atoms with van der Waals surface area (Å²) < 4.78 is 23.4. The molecule has 0 aliphatic carbocycles. The van der Waals surface area contributed by atoms with Crippen LogP contribution in [0.1, 0.15) is 16.7 Å². The third kappa shape index (κ3) is 5.95. The first kappa shape index (κ1) is 20.2. The zero-order valence-electron chi connectivity index (χ0n) is 15.6. The predicted molar refractivity (Wildman–Crippen MR) is 101 cm³/mol. The number of amides is 1. The van der Waals surface area contributed by atoms with E-state index in [-0.39, 0.29) is 18.3 Å². The van der Waals surface area contributed by atoms with E-state index in [9.17, 15) is 14.0 Å². The van der Waals surface area contributed by atoms with E-state index >= 15 is 0 Å². The lowest BCUT2D eigenvalue weighted by atomic mass is 10.1. The summed E-state index contributed by atoms with van der Waals surface area (Å²) in [7, 11) is 3.02. The van der Waals surface area contributed by atoms with E-state index in [1.165, 1.54) is 30.2 Å². The second-order valence-corrected chi connectivity index (χ2v) is 6.01. The maximum absolute atomic E-state index is 13.6. The van der Waals surface area contributed by atoms with Gasteiger partial charge >= 0.3 is 5.97 Å². The second kappa shape index (κ2) is 9.52. The number of rotatable bonds is 7. The zero-order valence-corrected chi connectivity index (χ0v) is 15.6. The van der Waals surface area contributed by atoms with Crippen molar-refractivity contribution in [2.24, 2.45) is 0 Å². The van der Waals surface area contributed by atoms with Gasteiger partial charge in [0.2, 0.25) is 0 Å². The quantitative estimate of drug-likeness (QED) is 0.553. The molecule has 0 heterocycles. The lowest BCUT2D eigenvalue weighted by molar-refractivity contribution is -0.147. The Kier molecular flexibility index (Phi) is 7.11. The summed E-state index contributed by atoms with van der Waals surface area (Å²) in [5.74, 6) is -1.39. The maximum Gasteiger partial charge on any atom is 0.331 e. The molecule has 0 unspecified atom stereocenters. The number of aryl methyl sites for hydroxylation is 1. The van der Waals surface area contributed by atoms with Crippen LogP contribution in [0.3, 0.4) is 0 Å². The smallest absolute Gasteiger partial charge is 0.331 e. The lowest BCUT2D eigenvalue weighted by Crippen LogP contribution is -2.30. The average Bonchev–Trinajstić information content (AvgIpc) is 2.66. The van der Waals surface area contributed by atoms with E-state index in [2.05, 4.69) is 0 Å². The number of esters is 1. The van der Waals surface area contributed by atoms with Crippen molar-refractivity contribution >= 4 is 18.0 Å². The molecule has 0 spiro atoms. The van der Waals surface area contributed by atoms with Crippen LogP contribution >= 0.6 is 0 Å². The van der Waals surface area contributed by atoms with E-state index in [4.69, 9.17) is 9.47 Å². The van der Waals surface area contributed by atoms with Crippen LogP contribution in [-0.4, -0.2) is 37.5 Å². The van der Waals surface area contributed by atoms with Crippen molar-refractivity contribution in [3.05, 3.63) is 71.0 Å². The molecule has 0 N–H and O–H groups in total. The molecule has 0 radical (unpaired) electrons. The van der Waals surface area contributed by atoms with Gasteiger partial charge in [0.1, 0.15) is 0 Å². The van der Waals surface area contributed by atoms with E-state index in [1.54, 1.807) is 13.1 Å². The van der Waals surface area contributed by atoms with Gasteiger partial charge in [-0.25, -0.2) is 9.18 Å². The van der Waals surface area contributed by atoms with E-state index < -0.39 is 11.8 Å². The monoisotopic (exact) mass is 371 g/mol. The Hall–Kier alpha value is -3.15. The highest BCUT2D eigenvalue weighted by molar-refractivity contribution is 5.89. The summed E-state index contributed by atoms with van der Waals surface area (Å²) in [4.78, 5) is 25.4. The number of nitrogens with zero attached hydrogens (tertiary/aromatic N) is 1. The van der Waals surface area contributed by atoms with Crippen LogP contribution in [0.5, 0.6) is 5.75 Å². The summed E-state index contributed by atoms with van der Waals surface area (Å²) in [6, 6.07) is 12.1. The van der Waals surface area contributed by atoms with Gasteiger partial charge in [0.25, 0.3) is 5.91 Å². The minimum absolute atomic E-state index is 0.122. The first-order valence-corrected chi connectivity index (χ1v) is 8.37. The van der Waals surface area contributed by atoms with Crippen LogP contribution in [0.25, 0.3) is 6.08 Å². The van der Waals surface area contributed by atoms with Crippen molar-refractivity contribution in [1.82, 2.24) is 4.90 Å². The number of benzene rings is 2. The molecule has 1 amide bonds. The fourth-order valence-electron chi connectivity index (χ4n) is 2.37. The number of likely N-dealkylation sites (N-methyl/N-ethyl adjacent to an activating group) is 1. The van der Waals surface area contributed by atoms with Crippen LogP contribution < -0.4 is 4.74 Å². The minimum Gasteiger partial charge on any atom is -0.494 e. The number of hydrogen-bond acceptors (Lipinski definition) is 4. The normalized spacial score (nSPS) is 10.7. The summed E-state index contributed by atoms with van der Waals surface area (Å²) in [6.07, 6.45) is 2.56. The highest BCUT2D eigenvalue weighted by Crippen LogP contribution is 2.18. The van der Waals surface area contributed by atoms with Crippen molar-refractivity contribution in [3.63, 3.8) is 0 Å². The third-order valence-corrected chi connectivity index (χ3v) is 4.02. The molecule has 6 heteroatoms. The standard InChI is InChI=1S/C21H22FNO4/c1-15-6-4-5-7-17(15)13-23(2)20(24)14-27-21(25)11-9-16-8-10-19(26-3)18(22)12-16/h4-12H,13-14H2,1-3H3/b11-9+. The van der Waals surface area contributed by atoms with Gasteiger partial charge in [-0.3, -0.25) is 4.79 Å². The van der Waals surface area contributed by atoms with Crippen LogP contribution in [0.4, 0.5) is 4.39 Å². The molecular weight excluding hydrogens is 349 g/mol. The van der Waals surface area contributed by atoms with Crippen molar-refractivity contribution in [2.45, 2.75) is 13.5 Å². The van der Waals surface area contributed by atoms with Crippen LogP contribution in [0.15, 0.2) is 48.5 Å². The molecule has 0 aliphatic heterocycles. The molecule has 0 atom stereocenters. The molecule has 2 rings (SSSR count). The van der Waals surface area contributed by atoms with Crippen LogP contribution in [0, 0.1) is 12.7 Å². The Morgan fingerprint density at radius 1 is 1.19 bits per heavy atom. The summed E-state index contributed by atoms with van der Waals surface area (Å²) in [6.45, 7) is 2.05. The molecular formula is C21H22FNO4. The van der Waals surface area contributed by atoms with Gasteiger partial charge in [0.15, 0.2) is 18.2 Å².